The number of oxime groups is 1. The molecule has 5 rings (SSSR count). The van der Waals surface area contributed by atoms with E-state index < -0.39 is 6.09 Å². The Hall–Kier alpha value is -3.60. The predicted octanol–water partition coefficient (Wildman–Crippen LogP) is 4.26. The molecule has 0 spiro atoms. The van der Waals surface area contributed by atoms with Gasteiger partial charge in [0.25, 0.3) is 0 Å². The second kappa shape index (κ2) is 10.6. The van der Waals surface area contributed by atoms with Crippen molar-refractivity contribution in [3.8, 4) is 11.3 Å². The van der Waals surface area contributed by atoms with Crippen LogP contribution < -0.4 is 10.6 Å². The zero-order valence-corrected chi connectivity index (χ0v) is 22.3. The fourth-order valence-electron chi connectivity index (χ4n) is 5.66. The third-order valence-corrected chi connectivity index (χ3v) is 7.99. The maximum Gasteiger partial charge on any atom is 0.407 e. The van der Waals surface area contributed by atoms with Crippen LogP contribution in [-0.4, -0.2) is 72.3 Å². The third kappa shape index (κ3) is 5.07. The summed E-state index contributed by atoms with van der Waals surface area (Å²) in [4.78, 5) is 29.3. The van der Waals surface area contributed by atoms with Crippen LogP contribution in [0.25, 0.3) is 22.3 Å². The number of aromatic nitrogens is 4. The van der Waals surface area contributed by atoms with Gasteiger partial charge in [0.05, 0.1) is 21.7 Å². The van der Waals surface area contributed by atoms with Gasteiger partial charge in [-0.3, -0.25) is 4.98 Å². The Kier molecular flexibility index (Phi) is 7.29. The van der Waals surface area contributed by atoms with E-state index in [1.807, 2.05) is 6.92 Å². The first kappa shape index (κ1) is 26.0. The molecular formula is C26H33ClN8O3. The first-order chi connectivity index (χ1) is 18.2. The quantitative estimate of drug-likeness (QED) is 0.188. The van der Waals surface area contributed by atoms with Gasteiger partial charge in [0.2, 0.25) is 5.95 Å². The fraction of sp³-hybridized carbons (Fsp3) is 0.500. The van der Waals surface area contributed by atoms with Crippen molar-refractivity contribution in [2.75, 3.05) is 24.5 Å². The van der Waals surface area contributed by atoms with Crippen molar-refractivity contribution in [1.82, 2.24) is 24.4 Å². The molecule has 11 nitrogen and oxygen atoms in total. The Labute approximate surface area is 225 Å². The minimum absolute atomic E-state index is 0.0745. The molecule has 38 heavy (non-hydrogen) atoms. The highest BCUT2D eigenvalue weighted by molar-refractivity contribution is 6.30. The molecule has 0 radical (unpaired) electrons. The van der Waals surface area contributed by atoms with Crippen LogP contribution in [0.15, 0.2) is 29.7 Å². The minimum Gasteiger partial charge on any atom is -0.465 e. The largest absolute Gasteiger partial charge is 0.465 e. The van der Waals surface area contributed by atoms with E-state index in [9.17, 15) is 15.1 Å². The number of rotatable bonds is 5. The smallest absolute Gasteiger partial charge is 0.407 e. The maximum absolute atomic E-state index is 11.6. The molecule has 0 bridgehead atoms. The Morgan fingerprint density at radius 2 is 1.92 bits per heavy atom. The molecule has 1 aliphatic carbocycles. The number of amidine groups is 1. The molecule has 1 saturated heterocycles. The second-order valence-corrected chi connectivity index (χ2v) is 11.0. The van der Waals surface area contributed by atoms with Gasteiger partial charge in [-0.1, -0.05) is 36.5 Å². The van der Waals surface area contributed by atoms with Crippen molar-refractivity contribution in [1.29, 1.82) is 0 Å². The molecule has 3 aromatic rings. The van der Waals surface area contributed by atoms with Crippen molar-refractivity contribution < 1.29 is 15.1 Å². The molecule has 1 aliphatic heterocycles. The zero-order valence-electron chi connectivity index (χ0n) is 21.6. The van der Waals surface area contributed by atoms with Gasteiger partial charge in [0, 0.05) is 50.2 Å². The van der Waals surface area contributed by atoms with Gasteiger partial charge in [-0.25, -0.2) is 14.8 Å². The summed E-state index contributed by atoms with van der Waals surface area (Å²) in [6.45, 7) is 6.38. The highest BCUT2D eigenvalue weighted by Gasteiger charge is 2.32. The molecule has 2 fully saturated rings. The van der Waals surface area contributed by atoms with E-state index in [4.69, 9.17) is 27.3 Å². The van der Waals surface area contributed by atoms with Crippen molar-refractivity contribution in [3.05, 3.63) is 35.2 Å². The summed E-state index contributed by atoms with van der Waals surface area (Å²) in [5, 5.41) is 22.5. The zero-order chi connectivity index (χ0) is 27.0. The molecule has 2 aliphatic rings. The van der Waals surface area contributed by atoms with Crippen molar-refractivity contribution in [2.24, 2.45) is 22.7 Å². The Morgan fingerprint density at radius 1 is 1.16 bits per heavy atom. The summed E-state index contributed by atoms with van der Waals surface area (Å²) >= 11 is 6.31. The Morgan fingerprint density at radius 3 is 2.58 bits per heavy atom. The van der Waals surface area contributed by atoms with E-state index in [0.29, 0.717) is 53.0 Å². The lowest BCUT2D eigenvalue weighted by molar-refractivity contribution is 0.135. The molecule has 1 saturated carbocycles. The molecular weight excluding hydrogens is 508 g/mol. The third-order valence-electron chi connectivity index (χ3n) is 7.78. The number of hydrogen-bond acceptors (Lipinski definition) is 7. The average molecular weight is 541 g/mol. The summed E-state index contributed by atoms with van der Waals surface area (Å²) in [5.74, 6) is 1.86. The lowest BCUT2D eigenvalue weighted by atomic mass is 9.83. The molecule has 1 amide bonds. The van der Waals surface area contributed by atoms with E-state index >= 15 is 0 Å². The summed E-state index contributed by atoms with van der Waals surface area (Å²) in [7, 11) is 0. The van der Waals surface area contributed by atoms with Crippen LogP contribution >= 0.6 is 11.6 Å². The molecule has 12 heteroatoms. The summed E-state index contributed by atoms with van der Waals surface area (Å²) in [6.07, 6.45) is 6.99. The lowest BCUT2D eigenvalue weighted by Crippen LogP contribution is -2.54. The molecule has 1 unspecified atom stereocenters. The number of carboxylic acid groups (broad SMARTS) is 1. The number of nitrogens with zero attached hydrogens (tertiary/aromatic N) is 7. The SMILES string of the molecule is CC1CCC(Cn2c(N3CCN(C(=O)O)CC3C)nc3cc(/C(N)=N\O)nc(-c4cncc(Cl)c4)c32)CC1. The highest BCUT2D eigenvalue weighted by Crippen LogP contribution is 2.37. The number of hydrogen-bond donors (Lipinski definition) is 3. The number of imidazole rings is 1. The monoisotopic (exact) mass is 540 g/mol. The van der Waals surface area contributed by atoms with Crippen LogP contribution in [0.2, 0.25) is 5.02 Å². The average Bonchev–Trinajstić information content (AvgIpc) is 3.26. The first-order valence-electron chi connectivity index (χ1n) is 13.0. The molecule has 1 atom stereocenters. The van der Waals surface area contributed by atoms with Gasteiger partial charge >= 0.3 is 6.09 Å². The number of anilines is 1. The van der Waals surface area contributed by atoms with Crippen LogP contribution in [0, 0.1) is 11.8 Å². The summed E-state index contributed by atoms with van der Waals surface area (Å²) < 4.78 is 2.22. The number of fused-ring (bicyclic) bond motifs is 1. The topological polar surface area (TPSA) is 146 Å². The van der Waals surface area contributed by atoms with Gasteiger partial charge in [-0.2, -0.15) is 0 Å². The first-order valence-corrected chi connectivity index (χ1v) is 13.4. The standard InChI is InChI=1S/C26H33ClN8O3/c1-15-3-5-17(6-4-15)14-35-23-20(31-25(35)34-8-7-33(26(36)37)13-16(34)2)10-21(24(28)32-38)30-22(23)18-9-19(27)12-29-11-18/h9-12,15-17,38H,3-8,13-14H2,1-2H3,(H2,28,32)(H,36,37). The van der Waals surface area contributed by atoms with E-state index in [0.717, 1.165) is 36.8 Å². The van der Waals surface area contributed by atoms with Crippen LogP contribution in [0.5, 0.6) is 0 Å². The predicted molar refractivity (Wildman–Crippen MR) is 146 cm³/mol. The van der Waals surface area contributed by atoms with Gasteiger partial charge in [0.15, 0.2) is 5.84 Å². The molecule has 4 N–H and O–H groups in total. The molecule has 3 aromatic heterocycles. The van der Waals surface area contributed by atoms with Crippen molar-refractivity contribution in [3.63, 3.8) is 0 Å². The highest BCUT2D eigenvalue weighted by atomic mass is 35.5. The van der Waals surface area contributed by atoms with Crippen LogP contribution in [0.4, 0.5) is 10.7 Å². The van der Waals surface area contributed by atoms with Crippen LogP contribution in [0.1, 0.15) is 45.2 Å². The van der Waals surface area contributed by atoms with Crippen LogP contribution in [0.3, 0.4) is 0 Å². The van der Waals surface area contributed by atoms with Crippen molar-refractivity contribution in [2.45, 2.75) is 52.1 Å². The summed E-state index contributed by atoms with van der Waals surface area (Å²) in [6, 6.07) is 3.45. The fourth-order valence-corrected chi connectivity index (χ4v) is 5.83. The van der Waals surface area contributed by atoms with Gasteiger partial charge in [-0.15, -0.1) is 0 Å². The molecule has 202 valence electrons. The Bertz CT molecular complexity index is 1370. The van der Waals surface area contributed by atoms with Gasteiger partial charge in [-0.05, 0) is 43.7 Å². The minimum atomic E-state index is -0.912. The number of pyridine rings is 2. The number of halogens is 1. The summed E-state index contributed by atoms with van der Waals surface area (Å²) in [5.41, 5.74) is 9.03. The van der Waals surface area contributed by atoms with E-state index in [-0.39, 0.29) is 11.9 Å². The van der Waals surface area contributed by atoms with E-state index in [1.165, 1.54) is 17.7 Å². The van der Waals surface area contributed by atoms with E-state index in [2.05, 4.69) is 26.5 Å². The maximum atomic E-state index is 11.6. The second-order valence-electron chi connectivity index (χ2n) is 10.5. The normalized spacial score (nSPS) is 22.7. The molecule has 4 heterocycles. The van der Waals surface area contributed by atoms with Crippen LogP contribution in [-0.2, 0) is 6.54 Å². The number of carbonyl (C=O) groups is 1. The molecule has 0 aromatic carbocycles. The van der Waals surface area contributed by atoms with E-state index in [1.54, 1.807) is 24.5 Å². The van der Waals surface area contributed by atoms with Gasteiger partial charge in [0.1, 0.15) is 5.69 Å². The number of amides is 1. The number of piperazine rings is 1. The Balaban J connectivity index is 1.69. The number of nitrogens with two attached hydrogens (primary N) is 1. The van der Waals surface area contributed by atoms with Gasteiger partial charge < -0.3 is 30.4 Å². The lowest BCUT2D eigenvalue weighted by Gasteiger charge is -2.39. The van der Waals surface area contributed by atoms with Crippen molar-refractivity contribution >= 4 is 40.5 Å².